The number of carbonyl (C=O) groups is 2. The molecule has 0 saturated carbocycles. The molecule has 18 heavy (non-hydrogen) atoms. The molecule has 1 heterocycles. The summed E-state index contributed by atoms with van der Waals surface area (Å²) in [5.74, 6) is -1.61. The summed E-state index contributed by atoms with van der Waals surface area (Å²) in [6.45, 7) is 3.77. The van der Waals surface area contributed by atoms with E-state index < -0.39 is 17.9 Å². The number of carbonyl (C=O) groups excluding carboxylic acids is 1. The van der Waals surface area contributed by atoms with Gasteiger partial charge in [0.15, 0.2) is 0 Å². The van der Waals surface area contributed by atoms with Crippen molar-refractivity contribution >= 4 is 17.6 Å². The molecule has 0 fully saturated rings. The second-order valence-corrected chi connectivity index (χ2v) is 4.14. The quantitative estimate of drug-likeness (QED) is 0.701. The topological polar surface area (TPSA) is 105 Å². The summed E-state index contributed by atoms with van der Waals surface area (Å²) in [5, 5.41) is 12.0. The van der Waals surface area contributed by atoms with Gasteiger partial charge in [-0.3, -0.25) is 9.78 Å². The summed E-state index contributed by atoms with van der Waals surface area (Å²) in [6.07, 6.45) is 2.15. The van der Waals surface area contributed by atoms with Gasteiger partial charge in [0.05, 0.1) is 0 Å². The van der Waals surface area contributed by atoms with Crippen LogP contribution >= 0.6 is 0 Å². The summed E-state index contributed by atoms with van der Waals surface area (Å²) < 4.78 is 0. The highest BCUT2D eigenvalue weighted by molar-refractivity contribution is 5.91. The first kappa shape index (κ1) is 14.0. The van der Waals surface area contributed by atoms with Crippen molar-refractivity contribution in [2.45, 2.75) is 26.3 Å². The average molecular weight is 251 g/mol. The van der Waals surface area contributed by atoms with E-state index in [-0.39, 0.29) is 11.6 Å². The molecule has 0 aromatic carbocycles. The minimum absolute atomic E-state index is 0.0345. The number of amides is 1. The average Bonchev–Trinajstić information content (AvgIpc) is 2.35. The molecule has 4 N–H and O–H groups in total. The number of nitrogens with zero attached hydrogens (tertiary/aromatic N) is 1. The number of carboxylic acid groups (broad SMARTS) is 1. The molecule has 0 radical (unpaired) electrons. The first-order chi connectivity index (χ1) is 8.45. The highest BCUT2D eigenvalue weighted by Gasteiger charge is 2.23. The fraction of sp³-hybridized carbons (Fsp3) is 0.417. The molecule has 0 unspecified atom stereocenters. The lowest BCUT2D eigenvalue weighted by atomic mass is 9.99. The van der Waals surface area contributed by atoms with Crippen LogP contribution in [0, 0.1) is 5.92 Å². The molecule has 98 valence electrons. The number of rotatable bonds is 6. The van der Waals surface area contributed by atoms with Gasteiger partial charge in [0.1, 0.15) is 11.7 Å². The van der Waals surface area contributed by atoms with E-state index >= 15 is 0 Å². The molecule has 1 aromatic heterocycles. The van der Waals surface area contributed by atoms with E-state index in [1.807, 2.05) is 13.8 Å². The number of nitrogens with one attached hydrogen (secondary N) is 1. The normalized spacial score (nSPS) is 13.7. The standard InChI is InChI=1S/C12H17N3O3/c1-3-7(2)10(12(17)18)15-8-4-5-14-9(6-8)11(13)16/h4-7,10H,3H2,1-2H3,(H2,13,16)(H,14,15)(H,17,18)/t7-,10-/m0/s1. The van der Waals surface area contributed by atoms with E-state index in [4.69, 9.17) is 10.8 Å². The fourth-order valence-electron chi connectivity index (χ4n) is 1.52. The molecule has 1 rings (SSSR count). The van der Waals surface area contributed by atoms with Gasteiger partial charge in [0.25, 0.3) is 5.91 Å². The third-order valence-electron chi connectivity index (χ3n) is 2.81. The summed E-state index contributed by atoms with van der Waals surface area (Å²) in [6, 6.07) is 2.34. The van der Waals surface area contributed by atoms with Crippen molar-refractivity contribution in [3.63, 3.8) is 0 Å². The number of aromatic nitrogens is 1. The van der Waals surface area contributed by atoms with E-state index in [2.05, 4.69) is 10.3 Å². The van der Waals surface area contributed by atoms with Crippen molar-refractivity contribution in [3.8, 4) is 0 Å². The second kappa shape index (κ2) is 6.00. The van der Waals surface area contributed by atoms with E-state index in [0.717, 1.165) is 6.42 Å². The van der Waals surface area contributed by atoms with Crippen LogP contribution in [0.3, 0.4) is 0 Å². The number of hydrogen-bond acceptors (Lipinski definition) is 4. The Morgan fingerprint density at radius 2 is 2.22 bits per heavy atom. The smallest absolute Gasteiger partial charge is 0.326 e. The van der Waals surface area contributed by atoms with Gasteiger partial charge in [0.2, 0.25) is 0 Å². The molecule has 0 aliphatic carbocycles. The molecule has 2 atom stereocenters. The van der Waals surface area contributed by atoms with Crippen molar-refractivity contribution in [2.75, 3.05) is 5.32 Å². The lowest BCUT2D eigenvalue weighted by molar-refractivity contribution is -0.139. The first-order valence-corrected chi connectivity index (χ1v) is 5.71. The number of anilines is 1. The van der Waals surface area contributed by atoms with Crippen LogP contribution < -0.4 is 11.1 Å². The number of aliphatic carboxylic acids is 1. The molecular formula is C12H17N3O3. The van der Waals surface area contributed by atoms with Crippen LogP contribution in [0.4, 0.5) is 5.69 Å². The van der Waals surface area contributed by atoms with Crippen molar-refractivity contribution in [1.82, 2.24) is 4.98 Å². The fourth-order valence-corrected chi connectivity index (χ4v) is 1.52. The minimum atomic E-state index is -0.929. The predicted octanol–water partition coefficient (Wildman–Crippen LogP) is 1.09. The first-order valence-electron chi connectivity index (χ1n) is 5.71. The summed E-state index contributed by atoms with van der Waals surface area (Å²) in [5.41, 5.74) is 5.74. The molecule has 6 nitrogen and oxygen atoms in total. The molecule has 0 aliphatic rings. The Morgan fingerprint density at radius 3 is 2.72 bits per heavy atom. The summed E-state index contributed by atoms with van der Waals surface area (Å²) in [4.78, 5) is 25.9. The molecule has 0 aliphatic heterocycles. The van der Waals surface area contributed by atoms with Gasteiger partial charge in [-0.25, -0.2) is 4.79 Å². The number of nitrogens with two attached hydrogens (primary N) is 1. The van der Waals surface area contributed by atoms with Gasteiger partial charge in [-0.2, -0.15) is 0 Å². The van der Waals surface area contributed by atoms with E-state index in [1.165, 1.54) is 12.3 Å². The summed E-state index contributed by atoms with van der Waals surface area (Å²) >= 11 is 0. The number of pyridine rings is 1. The number of hydrogen-bond donors (Lipinski definition) is 3. The highest BCUT2D eigenvalue weighted by atomic mass is 16.4. The van der Waals surface area contributed by atoms with Gasteiger partial charge in [-0.05, 0) is 18.1 Å². The molecule has 0 bridgehead atoms. The Balaban J connectivity index is 2.90. The maximum Gasteiger partial charge on any atom is 0.326 e. The molecule has 0 spiro atoms. The summed E-state index contributed by atoms with van der Waals surface area (Å²) in [7, 11) is 0. The molecule has 0 saturated heterocycles. The monoisotopic (exact) mass is 251 g/mol. The van der Waals surface area contributed by atoms with Gasteiger partial charge >= 0.3 is 5.97 Å². The zero-order chi connectivity index (χ0) is 13.7. The second-order valence-electron chi connectivity index (χ2n) is 4.14. The maximum absolute atomic E-state index is 11.2. The van der Waals surface area contributed by atoms with Crippen LogP contribution in [0.15, 0.2) is 18.3 Å². The minimum Gasteiger partial charge on any atom is -0.480 e. The van der Waals surface area contributed by atoms with Gasteiger partial charge < -0.3 is 16.2 Å². The Morgan fingerprint density at radius 1 is 1.56 bits per heavy atom. The van der Waals surface area contributed by atoms with Gasteiger partial charge in [-0.15, -0.1) is 0 Å². The third kappa shape index (κ3) is 3.44. The third-order valence-corrected chi connectivity index (χ3v) is 2.81. The maximum atomic E-state index is 11.2. The van der Waals surface area contributed by atoms with Crippen LogP contribution in [-0.2, 0) is 4.79 Å². The van der Waals surface area contributed by atoms with E-state index in [1.54, 1.807) is 6.07 Å². The predicted molar refractivity (Wildman–Crippen MR) is 67.3 cm³/mol. The lowest BCUT2D eigenvalue weighted by Crippen LogP contribution is -2.35. The van der Waals surface area contributed by atoms with E-state index in [9.17, 15) is 9.59 Å². The highest BCUT2D eigenvalue weighted by Crippen LogP contribution is 2.15. The van der Waals surface area contributed by atoms with Crippen molar-refractivity contribution in [2.24, 2.45) is 11.7 Å². The molecular weight excluding hydrogens is 234 g/mol. The molecule has 6 heteroatoms. The zero-order valence-electron chi connectivity index (χ0n) is 10.4. The van der Waals surface area contributed by atoms with Crippen LogP contribution in [0.25, 0.3) is 0 Å². The Hall–Kier alpha value is -2.11. The zero-order valence-corrected chi connectivity index (χ0v) is 10.4. The van der Waals surface area contributed by atoms with Crippen molar-refractivity contribution < 1.29 is 14.7 Å². The van der Waals surface area contributed by atoms with Crippen LogP contribution in [0.1, 0.15) is 30.8 Å². The molecule has 1 amide bonds. The van der Waals surface area contributed by atoms with Crippen LogP contribution in [-0.4, -0.2) is 28.0 Å². The van der Waals surface area contributed by atoms with E-state index in [0.29, 0.717) is 5.69 Å². The largest absolute Gasteiger partial charge is 0.480 e. The lowest BCUT2D eigenvalue weighted by Gasteiger charge is -2.21. The number of carboxylic acids is 1. The van der Waals surface area contributed by atoms with Gasteiger partial charge in [0, 0.05) is 11.9 Å². The van der Waals surface area contributed by atoms with Crippen LogP contribution in [0.2, 0.25) is 0 Å². The Bertz CT molecular complexity index is 448. The van der Waals surface area contributed by atoms with Crippen molar-refractivity contribution in [3.05, 3.63) is 24.0 Å². The number of primary amides is 1. The SMILES string of the molecule is CC[C@H](C)[C@H](Nc1ccnc(C(N)=O)c1)C(=O)O. The molecule has 1 aromatic rings. The van der Waals surface area contributed by atoms with Gasteiger partial charge in [-0.1, -0.05) is 20.3 Å². The van der Waals surface area contributed by atoms with Crippen LogP contribution in [0.5, 0.6) is 0 Å². The van der Waals surface area contributed by atoms with Crippen molar-refractivity contribution in [1.29, 1.82) is 0 Å². The Labute approximate surface area is 105 Å². The Kier molecular flexibility index (Phi) is 4.65.